The molecule has 4 aromatic rings. The van der Waals surface area contributed by atoms with Gasteiger partial charge in [-0.3, -0.25) is 4.79 Å². The third-order valence-electron chi connectivity index (χ3n) is 4.80. The summed E-state index contributed by atoms with van der Waals surface area (Å²) in [5.41, 5.74) is 4.30. The molecule has 0 aliphatic heterocycles. The lowest BCUT2D eigenvalue weighted by Crippen LogP contribution is -2.21. The second kappa shape index (κ2) is 7.81. The van der Waals surface area contributed by atoms with Crippen LogP contribution >= 0.6 is 0 Å². The Labute approximate surface area is 163 Å². The largest absolute Gasteiger partial charge is 0.371 e. The molecule has 0 fully saturated rings. The molecule has 136 valence electrons. The summed E-state index contributed by atoms with van der Waals surface area (Å²) < 4.78 is 0. The van der Waals surface area contributed by atoms with Crippen molar-refractivity contribution in [3.05, 3.63) is 102 Å². The first kappa shape index (κ1) is 17.6. The number of nitriles is 1. The van der Waals surface area contributed by atoms with Crippen LogP contribution < -0.4 is 5.32 Å². The minimum absolute atomic E-state index is 0.00440. The fourth-order valence-electron chi connectivity index (χ4n) is 3.35. The normalized spacial score (nSPS) is 11.7. The van der Waals surface area contributed by atoms with Gasteiger partial charge < -0.3 is 10.3 Å². The standard InChI is InChI=1S/C24H19N3O/c25-15-14-17-10-12-19(13-11-17)27-23(18-6-2-1-3-7-18)24(28)21-16-26-22-9-5-4-8-20(21)22/h1-13,16,23,26-27H,14H2. The van der Waals surface area contributed by atoms with Crippen molar-refractivity contribution < 1.29 is 4.79 Å². The minimum atomic E-state index is -0.512. The molecule has 0 spiro atoms. The number of nitrogens with one attached hydrogen (secondary N) is 2. The lowest BCUT2D eigenvalue weighted by atomic mass is 9.96. The van der Waals surface area contributed by atoms with E-state index >= 15 is 0 Å². The Morgan fingerprint density at radius 1 is 0.964 bits per heavy atom. The molecule has 0 aliphatic rings. The van der Waals surface area contributed by atoms with Crippen molar-refractivity contribution in [2.75, 3.05) is 5.32 Å². The minimum Gasteiger partial charge on any atom is -0.371 e. The first-order valence-corrected chi connectivity index (χ1v) is 9.14. The lowest BCUT2D eigenvalue weighted by molar-refractivity contribution is 0.0971. The Kier molecular flexibility index (Phi) is 4.90. The molecule has 1 aromatic heterocycles. The molecule has 4 heteroatoms. The number of hydrogen-bond donors (Lipinski definition) is 2. The van der Waals surface area contributed by atoms with Crippen LogP contribution in [0.25, 0.3) is 10.9 Å². The number of fused-ring (bicyclic) bond motifs is 1. The van der Waals surface area contributed by atoms with E-state index in [9.17, 15) is 4.79 Å². The highest BCUT2D eigenvalue weighted by Gasteiger charge is 2.24. The molecule has 4 rings (SSSR count). The van der Waals surface area contributed by atoms with Crippen LogP contribution in [0.1, 0.15) is 27.5 Å². The molecule has 0 amide bonds. The highest BCUT2D eigenvalue weighted by molar-refractivity contribution is 6.11. The van der Waals surface area contributed by atoms with Gasteiger partial charge in [0.2, 0.25) is 0 Å². The van der Waals surface area contributed by atoms with E-state index in [4.69, 9.17) is 5.26 Å². The molecule has 4 nitrogen and oxygen atoms in total. The summed E-state index contributed by atoms with van der Waals surface area (Å²) >= 11 is 0. The predicted molar refractivity (Wildman–Crippen MR) is 111 cm³/mol. The number of ketones is 1. The number of aromatic nitrogens is 1. The van der Waals surface area contributed by atoms with E-state index in [-0.39, 0.29) is 5.78 Å². The van der Waals surface area contributed by atoms with Gasteiger partial charge in [0.15, 0.2) is 5.78 Å². The summed E-state index contributed by atoms with van der Waals surface area (Å²) in [7, 11) is 0. The van der Waals surface area contributed by atoms with Crippen molar-refractivity contribution in [3.8, 4) is 6.07 Å². The van der Waals surface area contributed by atoms with Gasteiger partial charge in [0.1, 0.15) is 6.04 Å². The number of carbonyl (C=O) groups excluding carboxylic acids is 1. The molecule has 0 aliphatic carbocycles. The average Bonchev–Trinajstić information content (AvgIpc) is 3.18. The summed E-state index contributed by atoms with van der Waals surface area (Å²) in [5.74, 6) is 0.00440. The van der Waals surface area contributed by atoms with E-state index in [1.54, 1.807) is 6.20 Å². The number of hydrogen-bond acceptors (Lipinski definition) is 3. The maximum absolute atomic E-state index is 13.5. The Morgan fingerprint density at radius 2 is 1.68 bits per heavy atom. The van der Waals surface area contributed by atoms with Crippen LogP contribution in [0.4, 0.5) is 5.69 Å². The summed E-state index contributed by atoms with van der Waals surface area (Å²) in [5, 5.41) is 13.1. The Hall–Kier alpha value is -3.84. The van der Waals surface area contributed by atoms with Crippen molar-refractivity contribution in [1.82, 2.24) is 4.98 Å². The molecule has 1 heterocycles. The summed E-state index contributed by atoms with van der Waals surface area (Å²) in [6.45, 7) is 0. The van der Waals surface area contributed by atoms with Crippen LogP contribution in [0.15, 0.2) is 85.1 Å². The van der Waals surface area contributed by atoms with E-state index in [0.717, 1.165) is 27.7 Å². The highest BCUT2D eigenvalue weighted by Crippen LogP contribution is 2.27. The zero-order valence-corrected chi connectivity index (χ0v) is 15.2. The van der Waals surface area contributed by atoms with Gasteiger partial charge in [-0.15, -0.1) is 0 Å². The quantitative estimate of drug-likeness (QED) is 0.457. The van der Waals surface area contributed by atoms with Gasteiger partial charge >= 0.3 is 0 Å². The zero-order valence-electron chi connectivity index (χ0n) is 15.2. The van der Waals surface area contributed by atoms with Crippen molar-refractivity contribution in [1.29, 1.82) is 5.26 Å². The lowest BCUT2D eigenvalue weighted by Gasteiger charge is -2.19. The van der Waals surface area contributed by atoms with Crippen molar-refractivity contribution in [2.45, 2.75) is 12.5 Å². The molecule has 0 bridgehead atoms. The van der Waals surface area contributed by atoms with Gasteiger partial charge in [0, 0.05) is 28.4 Å². The maximum atomic E-state index is 13.5. The van der Waals surface area contributed by atoms with Crippen LogP contribution in [0, 0.1) is 11.3 Å². The molecule has 1 atom stereocenters. The van der Waals surface area contributed by atoms with Crippen LogP contribution in [0.2, 0.25) is 0 Å². The summed E-state index contributed by atoms with van der Waals surface area (Å²) in [4.78, 5) is 16.7. The molecule has 1 unspecified atom stereocenters. The molecular formula is C24H19N3O. The predicted octanol–water partition coefficient (Wildman–Crippen LogP) is 5.27. The second-order valence-electron chi connectivity index (χ2n) is 6.63. The molecule has 28 heavy (non-hydrogen) atoms. The molecule has 2 N–H and O–H groups in total. The van der Waals surface area contributed by atoms with Crippen LogP contribution in [-0.2, 0) is 6.42 Å². The Balaban J connectivity index is 1.70. The van der Waals surface area contributed by atoms with Crippen molar-refractivity contribution in [3.63, 3.8) is 0 Å². The maximum Gasteiger partial charge on any atom is 0.191 e. The van der Waals surface area contributed by atoms with Crippen LogP contribution in [0.3, 0.4) is 0 Å². The number of rotatable bonds is 6. The summed E-state index contributed by atoms with van der Waals surface area (Å²) in [6, 6.07) is 26.8. The number of aromatic amines is 1. The number of benzene rings is 3. The zero-order chi connectivity index (χ0) is 19.3. The summed E-state index contributed by atoms with van der Waals surface area (Å²) in [6.07, 6.45) is 2.15. The number of carbonyl (C=O) groups is 1. The number of anilines is 1. The number of H-pyrrole nitrogens is 1. The first-order chi connectivity index (χ1) is 13.8. The third-order valence-corrected chi connectivity index (χ3v) is 4.80. The highest BCUT2D eigenvalue weighted by atomic mass is 16.1. The van der Waals surface area contributed by atoms with Gasteiger partial charge in [-0.2, -0.15) is 5.26 Å². The fourth-order valence-corrected chi connectivity index (χ4v) is 3.35. The van der Waals surface area contributed by atoms with E-state index in [1.165, 1.54) is 0 Å². The Morgan fingerprint density at radius 3 is 2.43 bits per heavy atom. The average molecular weight is 365 g/mol. The number of Topliss-reactive ketones (excluding diaryl/α,β-unsaturated/α-hetero) is 1. The van der Waals surface area contributed by atoms with E-state index in [1.807, 2.05) is 78.9 Å². The number of nitrogens with zero attached hydrogens (tertiary/aromatic N) is 1. The third kappa shape index (κ3) is 3.51. The van der Waals surface area contributed by atoms with Gasteiger partial charge in [0.05, 0.1) is 12.5 Å². The van der Waals surface area contributed by atoms with Gasteiger partial charge in [-0.05, 0) is 29.3 Å². The number of para-hydroxylation sites is 1. The molecule has 0 radical (unpaired) electrons. The van der Waals surface area contributed by atoms with E-state index in [0.29, 0.717) is 12.0 Å². The molecule has 0 saturated carbocycles. The van der Waals surface area contributed by atoms with Gasteiger partial charge in [0.25, 0.3) is 0 Å². The molecule has 0 saturated heterocycles. The SMILES string of the molecule is N#CCc1ccc(NC(C(=O)c2c[nH]c3ccccc23)c2ccccc2)cc1. The second-order valence-corrected chi connectivity index (χ2v) is 6.63. The van der Waals surface area contributed by atoms with Gasteiger partial charge in [-0.1, -0.05) is 60.7 Å². The molecular weight excluding hydrogens is 346 g/mol. The van der Waals surface area contributed by atoms with E-state index in [2.05, 4.69) is 16.4 Å². The van der Waals surface area contributed by atoms with Crippen molar-refractivity contribution >= 4 is 22.4 Å². The monoisotopic (exact) mass is 365 g/mol. The first-order valence-electron chi connectivity index (χ1n) is 9.14. The van der Waals surface area contributed by atoms with Crippen molar-refractivity contribution in [2.24, 2.45) is 0 Å². The van der Waals surface area contributed by atoms with Crippen LogP contribution in [-0.4, -0.2) is 10.8 Å². The Bertz CT molecular complexity index is 1140. The van der Waals surface area contributed by atoms with E-state index < -0.39 is 6.04 Å². The smallest absolute Gasteiger partial charge is 0.191 e. The van der Waals surface area contributed by atoms with Crippen LogP contribution in [0.5, 0.6) is 0 Å². The van der Waals surface area contributed by atoms with Gasteiger partial charge in [-0.25, -0.2) is 0 Å². The fraction of sp³-hybridized carbons (Fsp3) is 0.0833. The molecule has 3 aromatic carbocycles. The topological polar surface area (TPSA) is 68.7 Å².